The molecule has 1 N–H and O–H groups in total. The van der Waals surface area contributed by atoms with Crippen LogP contribution < -0.4 is 5.32 Å². The third kappa shape index (κ3) is 7.08. The minimum atomic E-state index is -0.373. The van der Waals surface area contributed by atoms with E-state index in [1.165, 1.54) is 7.11 Å². The molecule has 234 valence electrons. The van der Waals surface area contributed by atoms with E-state index in [1.54, 1.807) is 12.1 Å². The number of nitrogens with zero attached hydrogens (tertiary/aromatic N) is 5. The summed E-state index contributed by atoms with van der Waals surface area (Å²) in [5, 5.41) is 14.9. The molecular weight excluding hydrogens is 643 g/mol. The van der Waals surface area contributed by atoms with Crippen molar-refractivity contribution in [2.75, 3.05) is 12.4 Å². The van der Waals surface area contributed by atoms with Crippen LogP contribution in [0.5, 0.6) is 0 Å². The van der Waals surface area contributed by atoms with Crippen molar-refractivity contribution in [3.63, 3.8) is 0 Å². The fraction of sp³-hybridized carbons (Fsp3) is 0.0526. The van der Waals surface area contributed by atoms with Gasteiger partial charge in [-0.2, -0.15) is 5.26 Å². The van der Waals surface area contributed by atoms with Crippen molar-refractivity contribution in [3.8, 4) is 28.3 Å². The number of nitrogens with one attached hydrogen (secondary N) is 1. The van der Waals surface area contributed by atoms with Crippen LogP contribution in [0.2, 0.25) is 10.4 Å². The standard InChI is InChI=1S/C24H18N4O2.C14H8Cl2N2/c1-30-24(29)18-12-10-16(11-13-18)15-26-23-22-19(17-6-3-2-4-7-17)8-5-9-20(22)27-21(14-25)28-23;15-13-12-10(9-5-2-1-3-6-9)7-4-8-11(12)17-14(16)18-13/h2-13H,15H2,1H3,(H,26,27,28);1-8H. The Morgan fingerprint density at radius 3 is 1.88 bits per heavy atom. The van der Waals surface area contributed by atoms with Gasteiger partial charge in [0.1, 0.15) is 17.0 Å². The number of hydrogen-bond donors (Lipinski definition) is 1. The van der Waals surface area contributed by atoms with E-state index in [9.17, 15) is 10.1 Å². The normalized spacial score (nSPS) is 10.5. The summed E-state index contributed by atoms with van der Waals surface area (Å²) < 4.78 is 4.73. The van der Waals surface area contributed by atoms with Gasteiger partial charge < -0.3 is 10.1 Å². The maximum atomic E-state index is 11.6. The molecule has 0 radical (unpaired) electrons. The second kappa shape index (κ2) is 14.7. The maximum absolute atomic E-state index is 11.6. The molecule has 10 heteroatoms. The quantitative estimate of drug-likeness (QED) is 0.106. The number of fused-ring (bicyclic) bond motifs is 2. The number of methoxy groups -OCH3 is 1. The van der Waals surface area contributed by atoms with Gasteiger partial charge in [0.05, 0.1) is 29.1 Å². The first-order valence-corrected chi connectivity index (χ1v) is 15.6. The van der Waals surface area contributed by atoms with Gasteiger partial charge in [-0.15, -0.1) is 0 Å². The Labute approximate surface area is 286 Å². The molecule has 8 nitrogen and oxygen atoms in total. The van der Waals surface area contributed by atoms with Gasteiger partial charge in [-0.25, -0.2) is 24.7 Å². The number of carbonyl (C=O) groups is 1. The van der Waals surface area contributed by atoms with Gasteiger partial charge in [0, 0.05) is 11.9 Å². The molecule has 0 unspecified atom stereocenters. The number of anilines is 1. The first-order valence-electron chi connectivity index (χ1n) is 14.8. The number of hydrogen-bond acceptors (Lipinski definition) is 8. The topological polar surface area (TPSA) is 114 Å². The lowest BCUT2D eigenvalue weighted by molar-refractivity contribution is 0.0600. The van der Waals surface area contributed by atoms with Gasteiger partial charge in [-0.1, -0.05) is 109 Å². The zero-order valence-electron chi connectivity index (χ0n) is 25.6. The van der Waals surface area contributed by atoms with E-state index in [0.717, 1.165) is 44.1 Å². The first-order chi connectivity index (χ1) is 23.4. The number of aromatic nitrogens is 4. The summed E-state index contributed by atoms with van der Waals surface area (Å²) in [4.78, 5) is 28.6. The SMILES string of the molecule is COC(=O)c1ccc(CNc2nc(C#N)nc3cccc(-c4ccccc4)c23)cc1.Clc1nc(Cl)c2c(-c3ccccc3)cccc2n1. The lowest BCUT2D eigenvalue weighted by atomic mass is 10.0. The van der Waals surface area contributed by atoms with Crippen LogP contribution in [0.3, 0.4) is 0 Å². The van der Waals surface area contributed by atoms with E-state index < -0.39 is 0 Å². The van der Waals surface area contributed by atoms with Gasteiger partial charge in [0.15, 0.2) is 0 Å². The Morgan fingerprint density at radius 1 is 0.708 bits per heavy atom. The molecule has 0 atom stereocenters. The minimum Gasteiger partial charge on any atom is -0.465 e. The van der Waals surface area contributed by atoms with E-state index >= 15 is 0 Å². The van der Waals surface area contributed by atoms with Gasteiger partial charge in [-0.05, 0) is 63.7 Å². The van der Waals surface area contributed by atoms with Crippen molar-refractivity contribution in [3.05, 3.63) is 149 Å². The van der Waals surface area contributed by atoms with Gasteiger partial charge in [0.25, 0.3) is 0 Å². The predicted molar refractivity (Wildman–Crippen MR) is 190 cm³/mol. The zero-order valence-corrected chi connectivity index (χ0v) is 27.1. The van der Waals surface area contributed by atoms with E-state index in [-0.39, 0.29) is 17.1 Å². The molecule has 0 aliphatic heterocycles. The summed E-state index contributed by atoms with van der Waals surface area (Å²) >= 11 is 12.0. The molecule has 7 rings (SSSR count). The Balaban J connectivity index is 0.000000189. The molecule has 2 heterocycles. The molecule has 48 heavy (non-hydrogen) atoms. The van der Waals surface area contributed by atoms with Gasteiger partial charge in [-0.3, -0.25) is 0 Å². The van der Waals surface area contributed by atoms with Crippen molar-refractivity contribution < 1.29 is 9.53 Å². The Morgan fingerprint density at radius 2 is 1.29 bits per heavy atom. The Bertz CT molecular complexity index is 2280. The Hall–Kier alpha value is -5.88. The van der Waals surface area contributed by atoms with Gasteiger partial charge in [0.2, 0.25) is 11.1 Å². The molecule has 0 aliphatic carbocycles. The summed E-state index contributed by atoms with van der Waals surface area (Å²) in [6.07, 6.45) is 0. The van der Waals surface area contributed by atoms with Crippen LogP contribution in [0.1, 0.15) is 21.7 Å². The summed E-state index contributed by atoms with van der Waals surface area (Å²) in [5.74, 6) is 0.326. The number of halogens is 2. The molecular formula is C38H26Cl2N6O2. The highest BCUT2D eigenvalue weighted by Crippen LogP contribution is 2.34. The number of esters is 1. The van der Waals surface area contributed by atoms with Gasteiger partial charge >= 0.3 is 5.97 Å². The summed E-state index contributed by atoms with van der Waals surface area (Å²) in [7, 11) is 1.36. The summed E-state index contributed by atoms with van der Waals surface area (Å²) in [6, 6.07) is 40.8. The van der Waals surface area contributed by atoms with Crippen LogP contribution in [-0.2, 0) is 11.3 Å². The number of rotatable bonds is 6. The van der Waals surface area contributed by atoms with Crippen molar-refractivity contribution in [2.24, 2.45) is 0 Å². The van der Waals surface area contributed by atoms with E-state index in [0.29, 0.717) is 28.6 Å². The van der Waals surface area contributed by atoms with Crippen molar-refractivity contribution in [2.45, 2.75) is 6.54 Å². The largest absolute Gasteiger partial charge is 0.465 e. The van der Waals surface area contributed by atoms with Crippen LogP contribution in [0.15, 0.2) is 121 Å². The summed E-state index contributed by atoms with van der Waals surface area (Å²) in [5.41, 5.74) is 7.03. The Kier molecular flexibility index (Phi) is 9.82. The van der Waals surface area contributed by atoms with Crippen LogP contribution in [0.4, 0.5) is 5.82 Å². The lowest BCUT2D eigenvalue weighted by Gasteiger charge is -2.13. The second-order valence-corrected chi connectivity index (χ2v) is 11.2. The van der Waals surface area contributed by atoms with Crippen LogP contribution >= 0.6 is 23.2 Å². The molecule has 0 saturated carbocycles. The average molecular weight is 670 g/mol. The maximum Gasteiger partial charge on any atom is 0.337 e. The van der Waals surface area contributed by atoms with Crippen LogP contribution in [0.25, 0.3) is 44.1 Å². The van der Waals surface area contributed by atoms with Crippen molar-refractivity contribution in [1.82, 2.24) is 19.9 Å². The monoisotopic (exact) mass is 668 g/mol. The minimum absolute atomic E-state index is 0.108. The molecule has 0 aliphatic rings. The predicted octanol–water partition coefficient (Wildman–Crippen LogP) is 9.17. The molecule has 7 aromatic rings. The lowest BCUT2D eigenvalue weighted by Crippen LogP contribution is -2.06. The highest BCUT2D eigenvalue weighted by atomic mass is 35.5. The van der Waals surface area contributed by atoms with Crippen LogP contribution in [0, 0.1) is 11.3 Å². The number of ether oxygens (including phenoxy) is 1. The number of carbonyl (C=O) groups excluding carboxylic acids is 1. The smallest absolute Gasteiger partial charge is 0.337 e. The molecule has 0 fully saturated rings. The molecule has 0 spiro atoms. The van der Waals surface area contributed by atoms with E-state index in [2.05, 4.69) is 25.3 Å². The summed E-state index contributed by atoms with van der Waals surface area (Å²) in [6.45, 7) is 0.474. The highest BCUT2D eigenvalue weighted by molar-refractivity contribution is 6.36. The fourth-order valence-electron chi connectivity index (χ4n) is 5.25. The first kappa shape index (κ1) is 32.1. The van der Waals surface area contributed by atoms with E-state index in [1.807, 2.05) is 115 Å². The zero-order chi connectivity index (χ0) is 33.5. The highest BCUT2D eigenvalue weighted by Gasteiger charge is 2.14. The molecule has 0 bridgehead atoms. The molecule has 0 saturated heterocycles. The average Bonchev–Trinajstić information content (AvgIpc) is 3.14. The fourth-order valence-corrected chi connectivity index (χ4v) is 5.75. The van der Waals surface area contributed by atoms with Crippen LogP contribution in [-0.4, -0.2) is 33.0 Å². The second-order valence-electron chi connectivity index (χ2n) is 10.5. The third-order valence-corrected chi connectivity index (χ3v) is 7.92. The number of benzene rings is 5. The van der Waals surface area contributed by atoms with Crippen molar-refractivity contribution >= 4 is 56.8 Å². The van der Waals surface area contributed by atoms with E-state index in [4.69, 9.17) is 27.9 Å². The molecule has 5 aromatic carbocycles. The van der Waals surface area contributed by atoms with Crippen molar-refractivity contribution in [1.29, 1.82) is 5.26 Å². The third-order valence-electron chi connectivity index (χ3n) is 7.48. The molecule has 2 aromatic heterocycles. The number of nitriles is 1. The molecule has 0 amide bonds.